The zero-order chi connectivity index (χ0) is 15.7. The van der Waals surface area contributed by atoms with Crippen LogP contribution in [-0.2, 0) is 4.79 Å². The van der Waals surface area contributed by atoms with Crippen LogP contribution in [0.1, 0.15) is 12.8 Å². The van der Waals surface area contributed by atoms with Gasteiger partial charge in [0.2, 0.25) is 5.75 Å². The number of carbonyl (C=O) groups is 1. The van der Waals surface area contributed by atoms with Crippen LogP contribution in [0.25, 0.3) is 0 Å². The first-order valence-corrected chi connectivity index (χ1v) is 6.82. The van der Waals surface area contributed by atoms with Crippen molar-refractivity contribution in [2.75, 3.05) is 41.0 Å². The lowest BCUT2D eigenvalue weighted by molar-refractivity contribution is -0.137. The van der Waals surface area contributed by atoms with Crippen molar-refractivity contribution in [1.82, 2.24) is 4.90 Å². The Morgan fingerprint density at radius 1 is 1.19 bits per heavy atom. The molecule has 1 aromatic carbocycles. The van der Waals surface area contributed by atoms with E-state index in [2.05, 4.69) is 0 Å². The number of nitrogens with zero attached hydrogens (tertiary/aromatic N) is 1. The number of aliphatic carboxylic acids is 1. The number of hydrogen-bond acceptors (Lipinski definition) is 5. The Hall–Kier alpha value is -1.95. The number of carboxylic acids is 1. The summed E-state index contributed by atoms with van der Waals surface area (Å²) < 4.78 is 16.2. The van der Waals surface area contributed by atoms with E-state index in [0.29, 0.717) is 30.4 Å². The van der Waals surface area contributed by atoms with Crippen molar-refractivity contribution < 1.29 is 24.1 Å². The Balaban J connectivity index is 2.37. The molecule has 0 aliphatic carbocycles. The molecule has 0 unspecified atom stereocenters. The first-order valence-electron chi connectivity index (χ1n) is 6.82. The van der Waals surface area contributed by atoms with Crippen LogP contribution in [0.2, 0.25) is 0 Å². The average molecular weight is 297 g/mol. The van der Waals surface area contributed by atoms with E-state index in [-0.39, 0.29) is 6.42 Å². The van der Waals surface area contributed by atoms with Crippen molar-refractivity contribution in [3.8, 4) is 17.2 Å². The largest absolute Gasteiger partial charge is 0.493 e. The number of methoxy groups -OCH3 is 2. The van der Waals surface area contributed by atoms with Crippen LogP contribution in [0.15, 0.2) is 18.2 Å². The molecule has 1 aromatic rings. The predicted octanol–water partition coefficient (Wildman–Crippen LogP) is 1.88. The third-order valence-corrected chi connectivity index (χ3v) is 3.02. The number of para-hydroxylation sites is 1. The van der Waals surface area contributed by atoms with Gasteiger partial charge < -0.3 is 24.2 Å². The van der Waals surface area contributed by atoms with Crippen LogP contribution in [-0.4, -0.2) is 56.9 Å². The third-order valence-electron chi connectivity index (χ3n) is 3.02. The molecule has 0 bridgehead atoms. The van der Waals surface area contributed by atoms with Gasteiger partial charge in [-0.2, -0.15) is 0 Å². The SMILES string of the molecule is COc1cccc(OCCCN(C)CCC(=O)O)c1OC. The molecule has 0 aliphatic rings. The summed E-state index contributed by atoms with van der Waals surface area (Å²) in [5.74, 6) is 1.08. The minimum Gasteiger partial charge on any atom is -0.493 e. The summed E-state index contributed by atoms with van der Waals surface area (Å²) in [5.41, 5.74) is 0. The maximum absolute atomic E-state index is 10.5. The summed E-state index contributed by atoms with van der Waals surface area (Å²) in [6.07, 6.45) is 0.956. The highest BCUT2D eigenvalue weighted by Gasteiger charge is 2.10. The van der Waals surface area contributed by atoms with Crippen LogP contribution >= 0.6 is 0 Å². The zero-order valence-corrected chi connectivity index (χ0v) is 12.8. The Kier molecular flexibility index (Phi) is 7.39. The number of hydrogen-bond donors (Lipinski definition) is 1. The maximum atomic E-state index is 10.5. The second-order valence-electron chi connectivity index (χ2n) is 4.64. The fourth-order valence-corrected chi connectivity index (χ4v) is 1.89. The van der Waals surface area contributed by atoms with Gasteiger partial charge in [-0.1, -0.05) is 6.07 Å². The molecule has 0 saturated heterocycles. The quantitative estimate of drug-likeness (QED) is 0.665. The van der Waals surface area contributed by atoms with Crippen molar-refractivity contribution in [1.29, 1.82) is 0 Å². The number of benzene rings is 1. The van der Waals surface area contributed by atoms with E-state index in [1.807, 2.05) is 30.1 Å². The van der Waals surface area contributed by atoms with E-state index < -0.39 is 5.97 Å². The van der Waals surface area contributed by atoms with Crippen LogP contribution in [0.3, 0.4) is 0 Å². The van der Waals surface area contributed by atoms with Gasteiger partial charge in [-0.05, 0) is 25.6 Å². The monoisotopic (exact) mass is 297 g/mol. The molecule has 0 heterocycles. The summed E-state index contributed by atoms with van der Waals surface area (Å²) in [6, 6.07) is 5.48. The van der Waals surface area contributed by atoms with Crippen LogP contribution in [0.4, 0.5) is 0 Å². The van der Waals surface area contributed by atoms with E-state index in [1.54, 1.807) is 14.2 Å². The smallest absolute Gasteiger partial charge is 0.304 e. The normalized spacial score (nSPS) is 10.5. The van der Waals surface area contributed by atoms with Crippen molar-refractivity contribution in [3.05, 3.63) is 18.2 Å². The Labute approximate surface area is 125 Å². The van der Waals surface area contributed by atoms with Gasteiger partial charge in [0.1, 0.15) is 0 Å². The fraction of sp³-hybridized carbons (Fsp3) is 0.533. The topological polar surface area (TPSA) is 68.2 Å². The summed E-state index contributed by atoms with van der Waals surface area (Å²) in [6.45, 7) is 1.85. The van der Waals surface area contributed by atoms with Gasteiger partial charge in [0.05, 0.1) is 27.2 Å². The molecule has 6 nitrogen and oxygen atoms in total. The number of carboxylic acid groups (broad SMARTS) is 1. The zero-order valence-electron chi connectivity index (χ0n) is 12.8. The van der Waals surface area contributed by atoms with Gasteiger partial charge >= 0.3 is 5.97 Å². The van der Waals surface area contributed by atoms with Crippen molar-refractivity contribution in [2.45, 2.75) is 12.8 Å². The van der Waals surface area contributed by atoms with Crippen molar-refractivity contribution >= 4 is 5.97 Å². The molecule has 0 aliphatic heterocycles. The standard InChI is InChI=1S/C15H23NO5/c1-16(10-8-14(17)18)9-5-11-21-13-7-4-6-12(19-2)15(13)20-3/h4,6-7H,5,8-11H2,1-3H3,(H,17,18). The highest BCUT2D eigenvalue weighted by Crippen LogP contribution is 2.36. The molecule has 21 heavy (non-hydrogen) atoms. The van der Waals surface area contributed by atoms with Crippen LogP contribution < -0.4 is 14.2 Å². The highest BCUT2D eigenvalue weighted by molar-refractivity contribution is 5.66. The molecule has 0 radical (unpaired) electrons. The molecule has 0 saturated carbocycles. The lowest BCUT2D eigenvalue weighted by Gasteiger charge is -2.16. The minimum atomic E-state index is -0.779. The molecule has 1 rings (SSSR count). The third kappa shape index (κ3) is 5.91. The highest BCUT2D eigenvalue weighted by atomic mass is 16.5. The van der Waals surface area contributed by atoms with E-state index >= 15 is 0 Å². The number of rotatable bonds is 10. The van der Waals surface area contributed by atoms with Gasteiger partial charge in [0, 0.05) is 13.1 Å². The second kappa shape index (κ2) is 9.07. The molecule has 0 amide bonds. The summed E-state index contributed by atoms with van der Waals surface area (Å²) in [4.78, 5) is 12.4. The van der Waals surface area contributed by atoms with Gasteiger partial charge in [-0.25, -0.2) is 0 Å². The number of ether oxygens (including phenoxy) is 3. The average Bonchev–Trinajstić information content (AvgIpc) is 2.48. The van der Waals surface area contributed by atoms with Gasteiger partial charge in [-0.15, -0.1) is 0 Å². The maximum Gasteiger partial charge on any atom is 0.304 e. The summed E-state index contributed by atoms with van der Waals surface area (Å²) in [7, 11) is 5.05. The summed E-state index contributed by atoms with van der Waals surface area (Å²) >= 11 is 0. The second-order valence-corrected chi connectivity index (χ2v) is 4.64. The van der Waals surface area contributed by atoms with E-state index in [0.717, 1.165) is 13.0 Å². The molecule has 0 atom stereocenters. The molecule has 6 heteroatoms. The molecule has 0 fully saturated rings. The summed E-state index contributed by atoms with van der Waals surface area (Å²) in [5, 5.41) is 8.61. The Morgan fingerprint density at radius 2 is 1.90 bits per heavy atom. The van der Waals surface area contributed by atoms with E-state index in [4.69, 9.17) is 19.3 Å². The minimum absolute atomic E-state index is 0.154. The van der Waals surface area contributed by atoms with Crippen molar-refractivity contribution in [3.63, 3.8) is 0 Å². The molecule has 0 aromatic heterocycles. The first-order chi connectivity index (χ1) is 10.1. The first kappa shape index (κ1) is 17.1. The van der Waals surface area contributed by atoms with Gasteiger partial charge in [0.25, 0.3) is 0 Å². The lowest BCUT2D eigenvalue weighted by atomic mass is 10.3. The lowest BCUT2D eigenvalue weighted by Crippen LogP contribution is -2.24. The van der Waals surface area contributed by atoms with Gasteiger partial charge in [-0.3, -0.25) is 4.79 Å². The fourth-order valence-electron chi connectivity index (χ4n) is 1.89. The molecule has 0 spiro atoms. The van der Waals surface area contributed by atoms with Crippen LogP contribution in [0.5, 0.6) is 17.2 Å². The molecular formula is C15H23NO5. The van der Waals surface area contributed by atoms with E-state index in [1.165, 1.54) is 0 Å². The van der Waals surface area contributed by atoms with Crippen molar-refractivity contribution in [2.24, 2.45) is 0 Å². The Bertz CT molecular complexity index is 450. The van der Waals surface area contributed by atoms with Crippen LogP contribution in [0, 0.1) is 0 Å². The Morgan fingerprint density at radius 3 is 2.52 bits per heavy atom. The molecular weight excluding hydrogens is 274 g/mol. The van der Waals surface area contributed by atoms with Gasteiger partial charge in [0.15, 0.2) is 11.5 Å². The predicted molar refractivity (Wildman–Crippen MR) is 79.4 cm³/mol. The molecule has 1 N–H and O–H groups in total. The molecule has 118 valence electrons. The van der Waals surface area contributed by atoms with E-state index in [9.17, 15) is 4.79 Å².